The van der Waals surface area contributed by atoms with Crippen molar-refractivity contribution in [3.05, 3.63) is 0 Å². The van der Waals surface area contributed by atoms with Crippen LogP contribution in [0.15, 0.2) is 0 Å². The Morgan fingerprint density at radius 2 is 0.853 bits per heavy atom. The highest BCUT2D eigenvalue weighted by Gasteiger charge is 2.53. The molecule has 3 rings (SSSR count). The van der Waals surface area contributed by atoms with Gasteiger partial charge >= 0.3 is 0 Å². The summed E-state index contributed by atoms with van der Waals surface area (Å²) in [6, 6.07) is 0. The summed E-state index contributed by atoms with van der Waals surface area (Å²) >= 11 is 0. The third-order valence-electron chi connectivity index (χ3n) is 6.09. The van der Waals surface area contributed by atoms with Gasteiger partial charge in [-0.05, 0) is 0 Å². The van der Waals surface area contributed by atoms with Gasteiger partial charge in [-0.15, -0.1) is 0 Å². The van der Waals surface area contributed by atoms with E-state index in [0.717, 1.165) is 0 Å². The molecule has 3 heterocycles. The van der Waals surface area contributed by atoms with Crippen LogP contribution in [-0.2, 0) is 23.7 Å². The summed E-state index contributed by atoms with van der Waals surface area (Å²) in [5, 5.41) is 109. The van der Waals surface area contributed by atoms with Crippen molar-refractivity contribution in [2.75, 3.05) is 19.8 Å². The molecule has 15 atom stereocenters. The number of rotatable bonds is 7. The van der Waals surface area contributed by atoms with E-state index in [-0.39, 0.29) is 0 Å². The Morgan fingerprint density at radius 3 is 1.26 bits per heavy atom. The van der Waals surface area contributed by atoms with Crippen LogP contribution in [0.5, 0.6) is 0 Å². The summed E-state index contributed by atoms with van der Waals surface area (Å²) in [5.41, 5.74) is 0. The maximum Gasteiger partial charge on any atom is 0.187 e. The first-order chi connectivity index (χ1) is 16.0. The van der Waals surface area contributed by atoms with Gasteiger partial charge in [0, 0.05) is 0 Å². The van der Waals surface area contributed by atoms with Crippen molar-refractivity contribution in [3.63, 3.8) is 0 Å². The minimum Gasteiger partial charge on any atom is -0.394 e. The van der Waals surface area contributed by atoms with E-state index in [1.807, 2.05) is 0 Å². The highest BCUT2D eigenvalue weighted by Crippen LogP contribution is 2.32. The van der Waals surface area contributed by atoms with Gasteiger partial charge in [-0.3, -0.25) is 0 Å². The van der Waals surface area contributed by atoms with E-state index in [9.17, 15) is 56.2 Å². The van der Waals surface area contributed by atoms with Crippen LogP contribution in [0.4, 0.5) is 0 Å². The molecule has 3 aliphatic rings. The van der Waals surface area contributed by atoms with E-state index in [2.05, 4.69) is 0 Å². The fourth-order valence-electron chi connectivity index (χ4n) is 4.04. The first-order valence-corrected chi connectivity index (χ1v) is 10.6. The van der Waals surface area contributed by atoms with Crippen LogP contribution in [0.25, 0.3) is 0 Å². The SMILES string of the molecule is OC[C@H]1O[C@H](O[C@H]2[C@H](O[C@H]3O[C@H](CO)[C@@H](O)[C@H](O)[C@@H]3O)[C@@H](CO)OC(O)[C@H]2O)[C@@H](O)[C@@H](O)[C@@H]1O. The molecule has 0 bridgehead atoms. The van der Waals surface area contributed by atoms with Crippen LogP contribution >= 0.6 is 0 Å². The van der Waals surface area contributed by atoms with Gasteiger partial charge in [-0.2, -0.15) is 0 Å². The second-order valence-corrected chi connectivity index (χ2v) is 8.33. The predicted octanol–water partition coefficient (Wildman–Crippen LogP) is -7.57. The second kappa shape index (κ2) is 11.6. The Hall–Kier alpha value is -0.640. The molecule has 3 fully saturated rings. The maximum atomic E-state index is 10.5. The van der Waals surface area contributed by atoms with E-state index in [1.165, 1.54) is 0 Å². The van der Waals surface area contributed by atoms with Crippen molar-refractivity contribution in [1.82, 2.24) is 0 Å². The Kier molecular flexibility index (Phi) is 9.54. The smallest absolute Gasteiger partial charge is 0.187 e. The predicted molar refractivity (Wildman–Crippen MR) is 101 cm³/mol. The zero-order valence-electron chi connectivity index (χ0n) is 17.7. The molecular formula is C18H32O16. The molecule has 3 saturated heterocycles. The lowest BCUT2D eigenvalue weighted by Crippen LogP contribution is -2.67. The summed E-state index contributed by atoms with van der Waals surface area (Å²) in [5.74, 6) is 0. The minimum atomic E-state index is -1.93. The van der Waals surface area contributed by atoms with Crippen molar-refractivity contribution in [1.29, 1.82) is 0 Å². The Bertz CT molecular complexity index is 599. The normalized spacial score (nSPS) is 52.5. The van der Waals surface area contributed by atoms with Crippen LogP contribution in [0.2, 0.25) is 0 Å². The molecule has 0 saturated carbocycles. The van der Waals surface area contributed by atoms with Crippen LogP contribution in [-0.4, -0.2) is 168 Å². The second-order valence-electron chi connectivity index (χ2n) is 8.33. The molecule has 16 nitrogen and oxygen atoms in total. The molecule has 0 aromatic rings. The Labute approximate surface area is 192 Å². The van der Waals surface area contributed by atoms with E-state index in [0.29, 0.717) is 0 Å². The van der Waals surface area contributed by atoms with Crippen LogP contribution < -0.4 is 0 Å². The summed E-state index contributed by atoms with van der Waals surface area (Å²) in [6.07, 6.45) is -25.6. The fraction of sp³-hybridized carbons (Fsp3) is 1.00. The number of aliphatic hydroxyl groups excluding tert-OH is 11. The molecule has 3 aliphatic heterocycles. The zero-order valence-corrected chi connectivity index (χ0v) is 17.7. The van der Waals surface area contributed by atoms with Gasteiger partial charge in [-0.25, -0.2) is 0 Å². The van der Waals surface area contributed by atoms with Crippen molar-refractivity contribution in [2.45, 2.75) is 92.1 Å². The average Bonchev–Trinajstić information content (AvgIpc) is 2.83. The van der Waals surface area contributed by atoms with Crippen LogP contribution in [0.3, 0.4) is 0 Å². The number of ether oxygens (including phenoxy) is 5. The first-order valence-electron chi connectivity index (χ1n) is 10.6. The van der Waals surface area contributed by atoms with Crippen molar-refractivity contribution in [2.24, 2.45) is 0 Å². The van der Waals surface area contributed by atoms with Crippen molar-refractivity contribution >= 4 is 0 Å². The molecule has 0 spiro atoms. The van der Waals surface area contributed by atoms with Gasteiger partial charge < -0.3 is 79.9 Å². The summed E-state index contributed by atoms with van der Waals surface area (Å²) in [7, 11) is 0. The number of aliphatic hydroxyl groups is 11. The van der Waals surface area contributed by atoms with Crippen molar-refractivity contribution < 1.29 is 79.9 Å². The third-order valence-corrected chi connectivity index (χ3v) is 6.09. The van der Waals surface area contributed by atoms with E-state index < -0.39 is 112 Å². The molecule has 11 N–H and O–H groups in total. The van der Waals surface area contributed by atoms with Gasteiger partial charge in [0.05, 0.1) is 19.8 Å². The van der Waals surface area contributed by atoms with Gasteiger partial charge in [0.25, 0.3) is 0 Å². The van der Waals surface area contributed by atoms with Gasteiger partial charge in [0.2, 0.25) is 0 Å². The standard InChI is InChI=1S/C18H32O16/c19-1-4-7(22)9(24)11(26)17(31-4)33-14-6(3-21)30-16(29)13(28)15(14)34-18-12(27)10(25)8(23)5(2-20)32-18/h4-29H,1-3H2/t4-,5-,6-,7-,8-,9+,10+,11+,12+,13+,14-,15-,16?,17-,18-/m1/s1. The average molecular weight is 504 g/mol. The minimum absolute atomic E-state index is 0.762. The van der Waals surface area contributed by atoms with E-state index >= 15 is 0 Å². The quantitative estimate of drug-likeness (QED) is 0.154. The van der Waals surface area contributed by atoms with E-state index in [4.69, 9.17) is 23.7 Å². The topological polar surface area (TPSA) is 269 Å². The fourth-order valence-corrected chi connectivity index (χ4v) is 4.04. The largest absolute Gasteiger partial charge is 0.394 e. The summed E-state index contributed by atoms with van der Waals surface area (Å²) < 4.78 is 26.7. The van der Waals surface area contributed by atoms with Gasteiger partial charge in [-0.1, -0.05) is 0 Å². The van der Waals surface area contributed by atoms with Gasteiger partial charge in [0.1, 0.15) is 73.2 Å². The summed E-state index contributed by atoms with van der Waals surface area (Å²) in [4.78, 5) is 0. The first kappa shape index (κ1) is 27.9. The maximum absolute atomic E-state index is 10.5. The number of hydrogen-bond donors (Lipinski definition) is 11. The molecule has 0 aromatic heterocycles. The van der Waals surface area contributed by atoms with E-state index in [1.54, 1.807) is 0 Å². The molecule has 16 heteroatoms. The van der Waals surface area contributed by atoms with Crippen molar-refractivity contribution in [3.8, 4) is 0 Å². The molecule has 200 valence electrons. The Balaban J connectivity index is 1.84. The molecule has 0 aliphatic carbocycles. The van der Waals surface area contributed by atoms with Crippen LogP contribution in [0.1, 0.15) is 0 Å². The molecule has 34 heavy (non-hydrogen) atoms. The highest BCUT2D eigenvalue weighted by molar-refractivity contribution is 4.96. The Morgan fingerprint density at radius 1 is 0.441 bits per heavy atom. The monoisotopic (exact) mass is 504 g/mol. The lowest BCUT2D eigenvalue weighted by Gasteiger charge is -2.48. The molecular weight excluding hydrogens is 472 g/mol. The lowest BCUT2D eigenvalue weighted by atomic mass is 9.96. The van der Waals surface area contributed by atoms with Crippen LogP contribution in [0, 0.1) is 0 Å². The summed E-state index contributed by atoms with van der Waals surface area (Å²) in [6.45, 7) is -2.35. The molecule has 0 aromatic carbocycles. The molecule has 1 unspecified atom stereocenters. The third kappa shape index (κ3) is 5.37. The number of hydrogen-bond acceptors (Lipinski definition) is 16. The highest BCUT2D eigenvalue weighted by atomic mass is 16.8. The van der Waals surface area contributed by atoms with Gasteiger partial charge in [0.15, 0.2) is 18.9 Å². The molecule has 0 radical (unpaired) electrons. The molecule has 0 amide bonds. The zero-order chi connectivity index (χ0) is 25.3. The lowest BCUT2D eigenvalue weighted by molar-refractivity contribution is -0.383.